The molecule has 4 rings (SSSR count). The topological polar surface area (TPSA) is 93.4 Å². The highest BCUT2D eigenvalue weighted by molar-refractivity contribution is 8.00. The minimum Gasteiger partial charge on any atom is -0.494 e. The molecule has 0 aliphatic carbocycles. The number of anilines is 1. The first-order valence-corrected chi connectivity index (χ1v) is 14.0. The second kappa shape index (κ2) is 12.8. The average Bonchev–Trinajstić information content (AvgIpc) is 3.24. The summed E-state index contributed by atoms with van der Waals surface area (Å²) in [5.41, 5.74) is 1.93. The number of ether oxygens (including phenoxy) is 2. The van der Waals surface area contributed by atoms with Crippen LogP contribution in [-0.2, 0) is 25.7 Å². The molecule has 0 N–H and O–H groups in total. The number of aromatic nitrogens is 1. The van der Waals surface area contributed by atoms with E-state index in [9.17, 15) is 14.4 Å². The number of amides is 2. The van der Waals surface area contributed by atoms with Crippen molar-refractivity contribution in [2.45, 2.75) is 13.5 Å². The maximum Gasteiger partial charge on any atom is 0.325 e. The van der Waals surface area contributed by atoms with Crippen molar-refractivity contribution in [2.24, 2.45) is 4.99 Å². The van der Waals surface area contributed by atoms with Gasteiger partial charge in [0.05, 0.1) is 35.4 Å². The predicted molar refractivity (Wildman–Crippen MR) is 146 cm³/mol. The number of rotatable bonds is 9. The fourth-order valence-electron chi connectivity index (χ4n) is 4.05. The lowest BCUT2D eigenvalue weighted by Gasteiger charge is -2.36. The number of esters is 1. The van der Waals surface area contributed by atoms with Gasteiger partial charge in [-0.2, -0.15) is 4.99 Å². The van der Waals surface area contributed by atoms with E-state index in [2.05, 4.69) is 22.0 Å². The maximum absolute atomic E-state index is 12.7. The molecule has 1 aromatic heterocycles. The highest BCUT2D eigenvalue weighted by atomic mass is 32.2. The van der Waals surface area contributed by atoms with Crippen molar-refractivity contribution >= 4 is 56.8 Å². The smallest absolute Gasteiger partial charge is 0.325 e. The third-order valence-electron chi connectivity index (χ3n) is 5.91. The molecule has 2 amide bonds. The molecule has 1 fully saturated rings. The summed E-state index contributed by atoms with van der Waals surface area (Å²) in [6, 6.07) is 15.7. The van der Waals surface area contributed by atoms with Crippen molar-refractivity contribution in [3.05, 3.63) is 53.3 Å². The van der Waals surface area contributed by atoms with Crippen molar-refractivity contribution in [1.29, 1.82) is 0 Å². The van der Waals surface area contributed by atoms with Gasteiger partial charge in [0.15, 0.2) is 4.80 Å². The largest absolute Gasteiger partial charge is 0.494 e. The van der Waals surface area contributed by atoms with E-state index in [1.807, 2.05) is 48.2 Å². The molecule has 9 nitrogen and oxygen atoms in total. The number of carbonyl (C=O) groups is 3. The van der Waals surface area contributed by atoms with E-state index < -0.39 is 5.97 Å². The third-order valence-corrected chi connectivity index (χ3v) is 7.85. The molecule has 0 spiro atoms. The maximum atomic E-state index is 12.7. The zero-order chi connectivity index (χ0) is 26.2. The molecular weight excluding hydrogens is 512 g/mol. The Morgan fingerprint density at radius 1 is 1.03 bits per heavy atom. The first-order chi connectivity index (χ1) is 18.0. The molecule has 2 heterocycles. The van der Waals surface area contributed by atoms with Crippen LogP contribution in [0, 0.1) is 0 Å². The Morgan fingerprint density at radius 2 is 1.78 bits per heavy atom. The molecule has 0 bridgehead atoms. The lowest BCUT2D eigenvalue weighted by molar-refractivity contribution is -0.141. The molecule has 0 saturated carbocycles. The minimum atomic E-state index is -0.435. The van der Waals surface area contributed by atoms with Gasteiger partial charge in [0, 0.05) is 31.9 Å². The summed E-state index contributed by atoms with van der Waals surface area (Å²) >= 11 is 2.56. The quantitative estimate of drug-likeness (QED) is 0.384. The number of nitrogens with zero attached hydrogens (tertiary/aromatic N) is 4. The number of hydrogen-bond acceptors (Lipinski definition) is 8. The summed E-state index contributed by atoms with van der Waals surface area (Å²) < 4.78 is 12.9. The zero-order valence-electron chi connectivity index (χ0n) is 20.9. The van der Waals surface area contributed by atoms with Gasteiger partial charge in [-0.15, -0.1) is 11.8 Å². The fourth-order valence-corrected chi connectivity index (χ4v) is 5.82. The van der Waals surface area contributed by atoms with E-state index in [-0.39, 0.29) is 29.9 Å². The zero-order valence-corrected chi connectivity index (χ0v) is 22.6. The predicted octanol–water partition coefficient (Wildman–Crippen LogP) is 2.78. The lowest BCUT2D eigenvalue weighted by atomic mass is 10.2. The molecule has 0 atom stereocenters. The highest BCUT2D eigenvalue weighted by Gasteiger charge is 2.21. The SMILES string of the molecule is CCOc1ccc2c(c1)sc(=NC(=O)CSCC(=O)N1CCN(c3ccccc3)CC1)n2CC(=O)OC. The number of para-hydroxylation sites is 1. The number of benzene rings is 2. The van der Waals surface area contributed by atoms with Crippen LogP contribution in [0.2, 0.25) is 0 Å². The molecule has 3 aromatic rings. The van der Waals surface area contributed by atoms with Gasteiger partial charge in [0.2, 0.25) is 5.91 Å². The fraction of sp³-hybridized carbons (Fsp3) is 0.385. The van der Waals surface area contributed by atoms with Crippen molar-refractivity contribution in [3.63, 3.8) is 0 Å². The summed E-state index contributed by atoms with van der Waals surface area (Å²) in [4.78, 5) is 46.1. The standard InChI is InChI=1S/C26H30N4O5S2/c1-3-35-20-9-10-21-22(15-20)37-26(30(21)16-25(33)34-2)27-23(31)17-36-18-24(32)29-13-11-28(12-14-29)19-7-5-4-6-8-19/h4-10,15H,3,11-14,16-18H2,1-2H3. The van der Waals surface area contributed by atoms with Crippen molar-refractivity contribution in [1.82, 2.24) is 9.47 Å². The molecule has 1 saturated heterocycles. The molecular formula is C26H30N4O5S2. The van der Waals surface area contributed by atoms with E-state index in [1.165, 1.54) is 30.2 Å². The Bertz CT molecular complexity index is 1310. The number of piperazine rings is 1. The van der Waals surface area contributed by atoms with Gasteiger partial charge in [-0.3, -0.25) is 14.4 Å². The summed E-state index contributed by atoms with van der Waals surface area (Å²) in [7, 11) is 1.32. The van der Waals surface area contributed by atoms with Gasteiger partial charge in [-0.1, -0.05) is 29.5 Å². The van der Waals surface area contributed by atoms with Crippen LogP contribution in [-0.4, -0.2) is 78.7 Å². The van der Waals surface area contributed by atoms with E-state index in [0.717, 1.165) is 29.0 Å². The van der Waals surface area contributed by atoms with Gasteiger partial charge in [0.25, 0.3) is 5.91 Å². The third kappa shape index (κ3) is 6.92. The molecule has 11 heteroatoms. The lowest BCUT2D eigenvalue weighted by Crippen LogP contribution is -2.49. The number of carbonyl (C=O) groups excluding carboxylic acids is 3. The first-order valence-electron chi connectivity index (χ1n) is 12.0. The Kier molecular flexibility index (Phi) is 9.24. The van der Waals surface area contributed by atoms with E-state index in [4.69, 9.17) is 9.47 Å². The molecule has 2 aromatic carbocycles. The van der Waals surface area contributed by atoms with Gasteiger partial charge < -0.3 is 23.8 Å². The Morgan fingerprint density at radius 3 is 2.49 bits per heavy atom. The van der Waals surface area contributed by atoms with E-state index in [0.29, 0.717) is 30.2 Å². The van der Waals surface area contributed by atoms with Gasteiger partial charge in [0.1, 0.15) is 12.3 Å². The number of fused-ring (bicyclic) bond motifs is 1. The molecule has 37 heavy (non-hydrogen) atoms. The first kappa shape index (κ1) is 26.7. The van der Waals surface area contributed by atoms with Crippen LogP contribution in [0.1, 0.15) is 6.92 Å². The Labute approximate surface area is 223 Å². The monoisotopic (exact) mass is 542 g/mol. The normalized spacial score (nSPS) is 14.2. The number of thiazole rings is 1. The van der Waals surface area contributed by atoms with E-state index >= 15 is 0 Å². The van der Waals surface area contributed by atoms with Gasteiger partial charge >= 0.3 is 5.97 Å². The van der Waals surface area contributed by atoms with Crippen LogP contribution in [0.3, 0.4) is 0 Å². The van der Waals surface area contributed by atoms with Crippen LogP contribution in [0.25, 0.3) is 10.2 Å². The van der Waals surface area contributed by atoms with Gasteiger partial charge in [-0.05, 0) is 37.3 Å². The van der Waals surface area contributed by atoms with E-state index in [1.54, 1.807) is 4.57 Å². The molecule has 1 aliphatic heterocycles. The summed E-state index contributed by atoms with van der Waals surface area (Å²) in [6.45, 7) is 5.27. The Hall–Kier alpha value is -3.31. The van der Waals surface area contributed by atoms with Crippen molar-refractivity contribution < 1.29 is 23.9 Å². The van der Waals surface area contributed by atoms with Gasteiger partial charge in [-0.25, -0.2) is 0 Å². The molecule has 0 radical (unpaired) electrons. The molecule has 0 unspecified atom stereocenters. The number of methoxy groups -OCH3 is 1. The second-order valence-corrected chi connectivity index (χ2v) is 10.3. The van der Waals surface area contributed by atoms with Crippen LogP contribution >= 0.6 is 23.1 Å². The summed E-state index contributed by atoms with van der Waals surface area (Å²) in [5.74, 6) is 0.233. The van der Waals surface area contributed by atoms with Crippen LogP contribution in [0.4, 0.5) is 5.69 Å². The average molecular weight is 543 g/mol. The number of hydrogen-bond donors (Lipinski definition) is 0. The summed E-state index contributed by atoms with van der Waals surface area (Å²) in [6.07, 6.45) is 0. The molecule has 1 aliphatic rings. The van der Waals surface area contributed by atoms with Crippen LogP contribution in [0.5, 0.6) is 5.75 Å². The van der Waals surface area contributed by atoms with Crippen LogP contribution in [0.15, 0.2) is 53.5 Å². The molecule has 196 valence electrons. The summed E-state index contributed by atoms with van der Waals surface area (Å²) in [5, 5.41) is 0. The Balaban J connectivity index is 1.35. The van der Waals surface area contributed by atoms with Crippen molar-refractivity contribution in [3.8, 4) is 5.75 Å². The number of thioether (sulfide) groups is 1. The minimum absolute atomic E-state index is 0.0246. The second-order valence-electron chi connectivity index (χ2n) is 8.31. The van der Waals surface area contributed by atoms with Crippen LogP contribution < -0.4 is 14.4 Å². The highest BCUT2D eigenvalue weighted by Crippen LogP contribution is 2.24. The van der Waals surface area contributed by atoms with Crippen molar-refractivity contribution in [2.75, 3.05) is 56.3 Å².